The van der Waals surface area contributed by atoms with Crippen molar-refractivity contribution in [3.63, 3.8) is 0 Å². The third kappa shape index (κ3) is 6.93. The molecule has 1 heterocycles. The van der Waals surface area contributed by atoms with Gasteiger partial charge in [0, 0.05) is 41.7 Å². The third-order valence-electron chi connectivity index (χ3n) is 9.26. The highest BCUT2D eigenvalue weighted by molar-refractivity contribution is 6.02. The number of benzene rings is 4. The molecule has 12 heteroatoms. The van der Waals surface area contributed by atoms with E-state index in [0.717, 1.165) is 18.2 Å². The molecule has 0 saturated heterocycles. The Kier molecular flexibility index (Phi) is 9.28. The zero-order chi connectivity index (χ0) is 37.6. The first-order valence-corrected chi connectivity index (χ1v) is 16.5. The van der Waals surface area contributed by atoms with E-state index in [-0.39, 0.29) is 87.0 Å². The van der Waals surface area contributed by atoms with E-state index in [1.165, 1.54) is 48.5 Å². The van der Waals surface area contributed by atoms with Gasteiger partial charge in [0.25, 0.3) is 0 Å². The van der Waals surface area contributed by atoms with Crippen molar-refractivity contribution < 1.29 is 54.8 Å². The number of phenols is 7. The number of carbonyl (C=O) groups excluding carboxylic acids is 1. The molecule has 3 unspecified atom stereocenters. The minimum absolute atomic E-state index is 0.0161. The number of carbonyl (C=O) groups is 1. The molecule has 270 valence electrons. The Morgan fingerprint density at radius 1 is 0.827 bits per heavy atom. The van der Waals surface area contributed by atoms with Gasteiger partial charge in [-0.15, -0.1) is 0 Å². The lowest BCUT2D eigenvalue weighted by molar-refractivity contribution is 0.0680. The maximum absolute atomic E-state index is 14.6. The predicted molar refractivity (Wildman–Crippen MR) is 190 cm³/mol. The van der Waals surface area contributed by atoms with Crippen LogP contribution in [-0.2, 0) is 6.42 Å². The topological polar surface area (TPSA) is 218 Å². The van der Waals surface area contributed by atoms with Crippen LogP contribution in [0.1, 0.15) is 61.0 Å². The number of Topliss-reactive ketones (excluding diaryl/α,β-unsaturated/α-hetero) is 1. The van der Waals surface area contributed by atoms with Crippen molar-refractivity contribution in [2.75, 3.05) is 0 Å². The smallest absolute Gasteiger partial charge is 0.196 e. The first kappa shape index (κ1) is 35.7. The number of hydrogen-bond acceptors (Lipinski definition) is 12. The van der Waals surface area contributed by atoms with E-state index in [4.69, 9.17) is 9.15 Å². The van der Waals surface area contributed by atoms with Crippen LogP contribution in [0.15, 0.2) is 87.6 Å². The first-order valence-electron chi connectivity index (χ1n) is 16.5. The molecule has 52 heavy (non-hydrogen) atoms. The van der Waals surface area contributed by atoms with Crippen LogP contribution in [0.2, 0.25) is 0 Å². The molecule has 6 rings (SSSR count). The predicted octanol–water partition coefficient (Wildman–Crippen LogP) is 6.48. The van der Waals surface area contributed by atoms with Crippen LogP contribution in [0.4, 0.5) is 0 Å². The standard InChI is InChI=1S/C40H38O12/c1-19-14-27(35(37(49)23-7-4-20(41)16-29(23)45)33(15-19)51-32-11-6-22(43)18-31(32)47)34-28(44)10-9-25-36(48)26(12-13-40(2,3)50)38(52-39(25)34)24-8-5-21(42)17-30(24)46/h4-11,14,16-18,27,33,35,41-47,50H,12-13,15H2,1-3H3. The SMILES string of the molecule is CC1=CC(c2c(O)ccc3c(=O)c(CCC(C)(C)O)c(-c4ccc(O)cc4O)oc23)C(C(=O)c2ccc(O)cc2O)C(Oc2ccc(O)cc2O)C1. The Morgan fingerprint density at radius 2 is 1.46 bits per heavy atom. The largest absolute Gasteiger partial charge is 0.508 e. The molecule has 3 atom stereocenters. The fourth-order valence-electron chi connectivity index (χ4n) is 6.76. The molecule has 4 aromatic carbocycles. The van der Waals surface area contributed by atoms with E-state index in [0.29, 0.717) is 5.57 Å². The van der Waals surface area contributed by atoms with Crippen LogP contribution < -0.4 is 10.2 Å². The Morgan fingerprint density at radius 3 is 2.10 bits per heavy atom. The Labute approximate surface area is 297 Å². The van der Waals surface area contributed by atoms with Gasteiger partial charge in [0.15, 0.2) is 22.7 Å². The van der Waals surface area contributed by atoms with Crippen LogP contribution in [0.5, 0.6) is 46.0 Å². The second kappa shape index (κ2) is 13.5. The number of aliphatic hydroxyl groups is 1. The summed E-state index contributed by atoms with van der Waals surface area (Å²) >= 11 is 0. The van der Waals surface area contributed by atoms with Gasteiger partial charge in [-0.3, -0.25) is 9.59 Å². The monoisotopic (exact) mass is 710 g/mol. The summed E-state index contributed by atoms with van der Waals surface area (Å²) in [6.07, 6.45) is 0.975. The number of aromatic hydroxyl groups is 7. The Balaban J connectivity index is 1.62. The summed E-state index contributed by atoms with van der Waals surface area (Å²) in [4.78, 5) is 28.9. The van der Waals surface area contributed by atoms with Crippen molar-refractivity contribution in [3.05, 3.63) is 105 Å². The fraction of sp³-hybridized carbons (Fsp3) is 0.250. The van der Waals surface area contributed by atoms with E-state index in [1.807, 2.05) is 0 Å². The third-order valence-corrected chi connectivity index (χ3v) is 9.26. The molecule has 8 N–H and O–H groups in total. The molecule has 0 saturated carbocycles. The van der Waals surface area contributed by atoms with Gasteiger partial charge >= 0.3 is 0 Å². The second-order valence-corrected chi connectivity index (χ2v) is 13.8. The van der Waals surface area contributed by atoms with E-state index in [2.05, 4.69) is 0 Å². The summed E-state index contributed by atoms with van der Waals surface area (Å²) in [5.74, 6) is -5.57. The van der Waals surface area contributed by atoms with Crippen molar-refractivity contribution in [3.8, 4) is 57.3 Å². The maximum atomic E-state index is 14.6. The molecule has 0 radical (unpaired) electrons. The molecule has 1 aromatic heterocycles. The van der Waals surface area contributed by atoms with Crippen molar-refractivity contribution in [2.24, 2.45) is 5.92 Å². The minimum Gasteiger partial charge on any atom is -0.508 e. The first-order chi connectivity index (χ1) is 24.5. The van der Waals surface area contributed by atoms with Gasteiger partial charge in [-0.1, -0.05) is 11.6 Å². The van der Waals surface area contributed by atoms with Gasteiger partial charge in [0.05, 0.1) is 28.0 Å². The molecule has 0 bridgehead atoms. The molecule has 0 fully saturated rings. The van der Waals surface area contributed by atoms with E-state index < -0.39 is 52.0 Å². The molecule has 0 aliphatic heterocycles. The number of allylic oxidation sites excluding steroid dienone is 1. The summed E-state index contributed by atoms with van der Waals surface area (Å²) < 4.78 is 12.7. The number of fused-ring (bicyclic) bond motifs is 1. The zero-order valence-corrected chi connectivity index (χ0v) is 28.5. The molecular weight excluding hydrogens is 672 g/mol. The van der Waals surface area contributed by atoms with Crippen LogP contribution in [0.3, 0.4) is 0 Å². The van der Waals surface area contributed by atoms with Crippen molar-refractivity contribution >= 4 is 16.8 Å². The molecule has 0 amide bonds. The lowest BCUT2D eigenvalue weighted by atomic mass is 9.71. The molecule has 12 nitrogen and oxygen atoms in total. The summed E-state index contributed by atoms with van der Waals surface area (Å²) in [5.41, 5.74) is -1.10. The fourth-order valence-corrected chi connectivity index (χ4v) is 6.76. The summed E-state index contributed by atoms with van der Waals surface area (Å²) in [5, 5.41) is 84.3. The Hall–Kier alpha value is -6.14. The average Bonchev–Trinajstić information content (AvgIpc) is 3.04. The van der Waals surface area contributed by atoms with Crippen molar-refractivity contribution in [1.82, 2.24) is 0 Å². The van der Waals surface area contributed by atoms with Crippen LogP contribution >= 0.6 is 0 Å². The average molecular weight is 711 g/mol. The summed E-state index contributed by atoms with van der Waals surface area (Å²) in [6.45, 7) is 4.94. The van der Waals surface area contributed by atoms with Gasteiger partial charge < -0.3 is 50.0 Å². The molecular formula is C40H38O12. The van der Waals surface area contributed by atoms with Crippen molar-refractivity contribution in [2.45, 2.75) is 57.7 Å². The highest BCUT2D eigenvalue weighted by Gasteiger charge is 2.43. The lowest BCUT2D eigenvalue weighted by Crippen LogP contribution is -2.40. The quantitative estimate of drug-likeness (QED) is 0.0609. The molecule has 0 spiro atoms. The van der Waals surface area contributed by atoms with Gasteiger partial charge in [-0.05, 0) is 82.1 Å². The van der Waals surface area contributed by atoms with Crippen LogP contribution in [-0.4, -0.2) is 58.3 Å². The minimum atomic E-state index is -1.26. The van der Waals surface area contributed by atoms with Gasteiger partial charge in [0.2, 0.25) is 0 Å². The number of rotatable bonds is 9. The highest BCUT2D eigenvalue weighted by atomic mass is 16.5. The van der Waals surface area contributed by atoms with Gasteiger partial charge in [-0.25, -0.2) is 0 Å². The molecule has 5 aromatic rings. The van der Waals surface area contributed by atoms with Gasteiger partial charge in [0.1, 0.15) is 51.9 Å². The van der Waals surface area contributed by atoms with E-state index in [9.17, 15) is 50.4 Å². The van der Waals surface area contributed by atoms with E-state index in [1.54, 1.807) is 26.8 Å². The van der Waals surface area contributed by atoms with Crippen molar-refractivity contribution in [1.29, 1.82) is 0 Å². The number of hydrogen-bond donors (Lipinski definition) is 8. The number of phenolic OH excluding ortho intramolecular Hbond substituents is 7. The summed E-state index contributed by atoms with van der Waals surface area (Å²) in [6, 6.07) is 13.6. The van der Waals surface area contributed by atoms with Crippen LogP contribution in [0, 0.1) is 5.92 Å². The highest BCUT2D eigenvalue weighted by Crippen LogP contribution is 2.48. The van der Waals surface area contributed by atoms with Gasteiger partial charge in [-0.2, -0.15) is 0 Å². The second-order valence-electron chi connectivity index (χ2n) is 13.8. The maximum Gasteiger partial charge on any atom is 0.196 e. The number of ketones is 1. The Bertz CT molecular complexity index is 2300. The molecule has 1 aliphatic carbocycles. The number of ether oxygens (including phenoxy) is 1. The summed E-state index contributed by atoms with van der Waals surface area (Å²) in [7, 11) is 0. The van der Waals surface area contributed by atoms with Crippen LogP contribution in [0.25, 0.3) is 22.3 Å². The van der Waals surface area contributed by atoms with E-state index >= 15 is 0 Å². The lowest BCUT2D eigenvalue weighted by Gasteiger charge is -2.36. The zero-order valence-electron chi connectivity index (χ0n) is 28.5. The molecule has 1 aliphatic rings. The normalized spacial score (nSPS) is 17.5.